The predicted octanol–water partition coefficient (Wildman–Crippen LogP) is 4.75. The summed E-state index contributed by atoms with van der Waals surface area (Å²) in [5.74, 6) is 0.182. The monoisotopic (exact) mass is 438 g/mol. The molecule has 8 heteroatoms. The van der Waals surface area contributed by atoms with Crippen LogP contribution in [0.3, 0.4) is 0 Å². The highest BCUT2D eigenvalue weighted by atomic mass is 35.5. The number of urea groups is 1. The van der Waals surface area contributed by atoms with Crippen molar-refractivity contribution in [2.24, 2.45) is 0 Å². The van der Waals surface area contributed by atoms with Gasteiger partial charge in [0.15, 0.2) is 0 Å². The van der Waals surface area contributed by atoms with Crippen molar-refractivity contribution in [3.05, 3.63) is 58.6 Å². The van der Waals surface area contributed by atoms with Gasteiger partial charge >= 0.3 is 16.1 Å². The molecule has 0 aromatic heterocycles. The van der Waals surface area contributed by atoms with Gasteiger partial charge in [-0.05, 0) is 56.5 Å². The van der Waals surface area contributed by atoms with Gasteiger partial charge in [-0.15, -0.1) is 0 Å². The van der Waals surface area contributed by atoms with Gasteiger partial charge in [0.1, 0.15) is 10.6 Å². The highest BCUT2D eigenvalue weighted by Gasteiger charge is 2.23. The fourth-order valence-electron chi connectivity index (χ4n) is 2.85. The lowest BCUT2D eigenvalue weighted by Gasteiger charge is -2.28. The van der Waals surface area contributed by atoms with Crippen molar-refractivity contribution in [1.82, 2.24) is 10.2 Å². The summed E-state index contributed by atoms with van der Waals surface area (Å²) in [6, 6.07) is 11.5. The molecule has 2 aromatic rings. The Balaban J connectivity index is 2.18. The lowest BCUT2D eigenvalue weighted by atomic mass is 10.1. The number of carbonyl (C=O) groups is 1. The molecular weight excluding hydrogens is 412 g/mol. The zero-order chi connectivity index (χ0) is 21.6. The summed E-state index contributed by atoms with van der Waals surface area (Å²) in [5.41, 5.74) is 1.38. The van der Waals surface area contributed by atoms with Gasteiger partial charge in [-0.3, -0.25) is 0 Å². The van der Waals surface area contributed by atoms with Crippen molar-refractivity contribution in [3.8, 4) is 5.75 Å². The van der Waals surface area contributed by atoms with Gasteiger partial charge < -0.3 is 14.4 Å². The summed E-state index contributed by atoms with van der Waals surface area (Å²) in [4.78, 5) is 14.0. The van der Waals surface area contributed by atoms with E-state index in [9.17, 15) is 13.2 Å². The Morgan fingerprint density at radius 1 is 1.17 bits per heavy atom. The van der Waals surface area contributed by atoms with Crippen molar-refractivity contribution >= 4 is 27.8 Å². The first kappa shape index (κ1) is 23.0. The molecule has 1 N–H and O–H groups in total. The minimum Gasteiger partial charge on any atom is -0.379 e. The van der Waals surface area contributed by atoms with E-state index in [2.05, 4.69) is 5.32 Å². The number of amides is 2. The van der Waals surface area contributed by atoms with E-state index in [1.807, 2.05) is 20.8 Å². The van der Waals surface area contributed by atoms with Crippen LogP contribution in [0.4, 0.5) is 4.79 Å². The molecule has 0 aliphatic rings. The van der Waals surface area contributed by atoms with Crippen LogP contribution in [0, 0.1) is 6.92 Å². The molecule has 29 heavy (non-hydrogen) atoms. The minimum absolute atomic E-state index is 0.0371. The number of benzene rings is 2. The van der Waals surface area contributed by atoms with Crippen LogP contribution in [0.2, 0.25) is 5.02 Å². The Kier molecular flexibility index (Phi) is 7.93. The molecule has 0 saturated heterocycles. The molecule has 2 rings (SSSR count). The van der Waals surface area contributed by atoms with Crippen LogP contribution >= 0.6 is 11.6 Å². The number of hydrogen-bond donors (Lipinski definition) is 1. The average Bonchev–Trinajstić information content (AvgIpc) is 2.66. The number of carbonyl (C=O) groups excluding carboxylic acids is 1. The molecular formula is C21H27ClN2O4S. The molecule has 2 aromatic carbocycles. The molecule has 0 saturated carbocycles. The maximum atomic E-state index is 12.6. The summed E-state index contributed by atoms with van der Waals surface area (Å²) in [6.07, 6.45) is 0.827. The summed E-state index contributed by atoms with van der Waals surface area (Å²) >= 11 is 6.06. The van der Waals surface area contributed by atoms with Crippen LogP contribution in [-0.4, -0.2) is 31.9 Å². The molecule has 0 heterocycles. The summed E-state index contributed by atoms with van der Waals surface area (Å²) in [6.45, 7) is 8.52. The fourth-order valence-corrected chi connectivity index (χ4v) is 4.57. The highest BCUT2D eigenvalue weighted by Crippen LogP contribution is 2.28. The third kappa shape index (κ3) is 5.87. The smallest absolute Gasteiger partial charge is 0.340 e. The van der Waals surface area contributed by atoms with Gasteiger partial charge in [-0.2, -0.15) is 8.42 Å². The predicted molar refractivity (Wildman–Crippen MR) is 115 cm³/mol. The van der Waals surface area contributed by atoms with Crippen LogP contribution in [0.1, 0.15) is 38.3 Å². The molecule has 158 valence electrons. The Morgan fingerprint density at radius 3 is 2.38 bits per heavy atom. The molecule has 0 spiro atoms. The van der Waals surface area contributed by atoms with Crippen molar-refractivity contribution < 1.29 is 17.4 Å². The maximum Gasteiger partial charge on any atom is 0.340 e. The van der Waals surface area contributed by atoms with Crippen molar-refractivity contribution in [3.63, 3.8) is 0 Å². The second kappa shape index (κ2) is 9.98. The Labute approximate surface area is 177 Å². The van der Waals surface area contributed by atoms with E-state index in [4.69, 9.17) is 15.8 Å². The van der Waals surface area contributed by atoms with E-state index in [0.717, 1.165) is 12.0 Å². The van der Waals surface area contributed by atoms with Gasteiger partial charge in [0.2, 0.25) is 0 Å². The third-order valence-corrected chi connectivity index (χ3v) is 6.49. The summed E-state index contributed by atoms with van der Waals surface area (Å²) < 4.78 is 30.5. The standard InChI is InChI=1S/C21H27ClN2O4S/c1-5-16(4)24(21(25)23-6-2)14-17-10-12-18(13-11-17)28-29(26,27)20-15(3)8-7-9-19(20)22/h7-13,16H,5-6,14H2,1-4H3,(H,23,25). The van der Waals surface area contributed by atoms with Crippen molar-refractivity contribution in [1.29, 1.82) is 0 Å². The zero-order valence-corrected chi connectivity index (χ0v) is 18.7. The van der Waals surface area contributed by atoms with Crippen molar-refractivity contribution in [2.45, 2.75) is 51.6 Å². The van der Waals surface area contributed by atoms with Crippen LogP contribution in [0.15, 0.2) is 47.4 Å². The van der Waals surface area contributed by atoms with E-state index in [1.54, 1.807) is 48.2 Å². The molecule has 0 bridgehead atoms. The molecule has 2 amide bonds. The number of rotatable bonds is 8. The number of nitrogens with one attached hydrogen (secondary N) is 1. The van der Waals surface area contributed by atoms with E-state index >= 15 is 0 Å². The molecule has 6 nitrogen and oxygen atoms in total. The zero-order valence-electron chi connectivity index (χ0n) is 17.1. The molecule has 0 aliphatic carbocycles. The second-order valence-electron chi connectivity index (χ2n) is 6.79. The van der Waals surface area contributed by atoms with E-state index < -0.39 is 10.1 Å². The number of nitrogens with zero attached hydrogens (tertiary/aromatic N) is 1. The van der Waals surface area contributed by atoms with E-state index in [0.29, 0.717) is 18.7 Å². The van der Waals surface area contributed by atoms with Gasteiger partial charge in [0.25, 0.3) is 0 Å². The number of aryl methyl sites for hydroxylation is 1. The minimum atomic E-state index is -4.06. The molecule has 1 atom stereocenters. The lowest BCUT2D eigenvalue weighted by Crippen LogP contribution is -2.44. The lowest BCUT2D eigenvalue weighted by molar-refractivity contribution is 0.174. The highest BCUT2D eigenvalue weighted by molar-refractivity contribution is 7.87. The molecule has 0 fully saturated rings. The first-order valence-corrected chi connectivity index (χ1v) is 11.3. The van der Waals surface area contributed by atoms with Crippen LogP contribution in [-0.2, 0) is 16.7 Å². The summed E-state index contributed by atoms with van der Waals surface area (Å²) in [5, 5.41) is 2.94. The SMILES string of the molecule is CCNC(=O)N(Cc1ccc(OS(=O)(=O)c2c(C)cccc2Cl)cc1)C(C)CC. The third-order valence-electron chi connectivity index (χ3n) is 4.61. The number of hydrogen-bond acceptors (Lipinski definition) is 4. The Bertz CT molecular complexity index is 925. The van der Waals surface area contributed by atoms with Gasteiger partial charge in [-0.25, -0.2) is 4.79 Å². The molecule has 0 radical (unpaired) electrons. The van der Waals surface area contributed by atoms with Crippen LogP contribution in [0.5, 0.6) is 5.75 Å². The average molecular weight is 439 g/mol. The first-order chi connectivity index (χ1) is 13.7. The van der Waals surface area contributed by atoms with Gasteiger partial charge in [-0.1, -0.05) is 42.8 Å². The normalized spacial score (nSPS) is 12.3. The topological polar surface area (TPSA) is 75.7 Å². The number of halogens is 1. The fraction of sp³-hybridized carbons (Fsp3) is 0.381. The Hall–Kier alpha value is -2.25. The Morgan fingerprint density at radius 2 is 1.83 bits per heavy atom. The maximum absolute atomic E-state index is 12.6. The van der Waals surface area contributed by atoms with E-state index in [-0.39, 0.29) is 27.7 Å². The van der Waals surface area contributed by atoms with Gasteiger partial charge in [0, 0.05) is 19.1 Å². The first-order valence-electron chi connectivity index (χ1n) is 9.52. The van der Waals surface area contributed by atoms with Gasteiger partial charge in [0.05, 0.1) is 5.02 Å². The largest absolute Gasteiger partial charge is 0.379 e. The van der Waals surface area contributed by atoms with Crippen molar-refractivity contribution in [2.75, 3.05) is 6.54 Å². The quantitative estimate of drug-likeness (QED) is 0.603. The van der Waals surface area contributed by atoms with E-state index in [1.165, 1.54) is 6.07 Å². The summed E-state index contributed by atoms with van der Waals surface area (Å²) in [7, 11) is -4.06. The second-order valence-corrected chi connectivity index (χ2v) is 8.68. The van der Waals surface area contributed by atoms with Crippen LogP contribution < -0.4 is 9.50 Å². The molecule has 1 unspecified atom stereocenters. The van der Waals surface area contributed by atoms with Crippen LogP contribution in [0.25, 0.3) is 0 Å². The molecule has 0 aliphatic heterocycles.